The Bertz CT molecular complexity index is 777. The fraction of sp³-hybridized carbons (Fsp3) is 0.333. The smallest absolute Gasteiger partial charge is 0.413 e. The Labute approximate surface area is 142 Å². The number of non-ortho nitro benzene ring substituents is 1. The molecule has 2 heterocycles. The Kier molecular flexibility index (Phi) is 4.72. The molecule has 1 aromatic heterocycles. The van der Waals surface area contributed by atoms with Gasteiger partial charge in [-0.3, -0.25) is 20.3 Å². The number of nitrogens with zero attached hydrogens (tertiary/aromatic N) is 3. The first kappa shape index (κ1) is 16.3. The maximum Gasteiger partial charge on any atom is 0.413 e. The zero-order chi connectivity index (χ0) is 17.1. The lowest BCUT2D eigenvalue weighted by Gasteiger charge is -2.25. The van der Waals surface area contributed by atoms with Crippen molar-refractivity contribution in [2.75, 3.05) is 19.0 Å². The van der Waals surface area contributed by atoms with Crippen LogP contribution in [0.4, 0.5) is 15.6 Å². The molecule has 0 spiro atoms. The third kappa shape index (κ3) is 3.69. The number of ether oxygens (including phenoxy) is 1. The van der Waals surface area contributed by atoms with Crippen molar-refractivity contribution in [3.05, 3.63) is 50.5 Å². The van der Waals surface area contributed by atoms with Crippen molar-refractivity contribution in [3.8, 4) is 0 Å². The Morgan fingerprint density at radius 2 is 2.38 bits per heavy atom. The molecule has 0 atom stereocenters. The lowest BCUT2D eigenvalue weighted by atomic mass is 10.1. The van der Waals surface area contributed by atoms with Crippen LogP contribution in [0.2, 0.25) is 0 Å². The van der Waals surface area contributed by atoms with E-state index in [1.54, 1.807) is 12.1 Å². The van der Waals surface area contributed by atoms with Gasteiger partial charge in [0, 0.05) is 43.1 Å². The first-order chi connectivity index (χ1) is 11.5. The van der Waals surface area contributed by atoms with Crippen LogP contribution >= 0.6 is 11.3 Å². The normalized spacial score (nSPS) is 14.0. The average Bonchev–Trinajstić information content (AvgIpc) is 2.96. The average molecular weight is 348 g/mol. The van der Waals surface area contributed by atoms with E-state index in [9.17, 15) is 14.9 Å². The summed E-state index contributed by atoms with van der Waals surface area (Å²) in [6, 6.07) is 6.69. The number of thiazole rings is 1. The minimum atomic E-state index is -0.533. The van der Waals surface area contributed by atoms with Crippen LogP contribution in [0.3, 0.4) is 0 Å². The largest absolute Gasteiger partial charge is 0.453 e. The highest BCUT2D eigenvalue weighted by Gasteiger charge is 2.22. The second-order valence-electron chi connectivity index (χ2n) is 5.39. The molecular formula is C15H16N4O4S. The molecule has 9 heteroatoms. The third-order valence-electron chi connectivity index (χ3n) is 3.73. The van der Waals surface area contributed by atoms with Gasteiger partial charge in [0.1, 0.15) is 0 Å². The molecule has 1 N–H and O–H groups in total. The zero-order valence-corrected chi connectivity index (χ0v) is 13.8. The number of hydrogen-bond donors (Lipinski definition) is 1. The van der Waals surface area contributed by atoms with E-state index in [4.69, 9.17) is 0 Å². The van der Waals surface area contributed by atoms with Gasteiger partial charge >= 0.3 is 6.09 Å². The van der Waals surface area contributed by atoms with Gasteiger partial charge in [-0.1, -0.05) is 23.5 Å². The summed E-state index contributed by atoms with van der Waals surface area (Å²) >= 11 is 1.43. The Hall–Kier alpha value is -2.52. The van der Waals surface area contributed by atoms with E-state index in [2.05, 4.69) is 19.9 Å². The maximum atomic E-state index is 11.3. The molecule has 1 amide bonds. The van der Waals surface area contributed by atoms with Crippen molar-refractivity contribution in [3.63, 3.8) is 0 Å². The number of rotatable bonds is 4. The second-order valence-corrected chi connectivity index (χ2v) is 6.48. The molecule has 0 saturated heterocycles. The summed E-state index contributed by atoms with van der Waals surface area (Å²) in [7, 11) is 1.31. The van der Waals surface area contributed by atoms with E-state index < -0.39 is 6.09 Å². The molecule has 1 aliphatic heterocycles. The van der Waals surface area contributed by atoms with Crippen LogP contribution in [0.25, 0.3) is 0 Å². The van der Waals surface area contributed by atoms with Crippen LogP contribution in [0, 0.1) is 10.1 Å². The van der Waals surface area contributed by atoms with Gasteiger partial charge in [-0.05, 0) is 5.56 Å². The maximum absolute atomic E-state index is 11.3. The van der Waals surface area contributed by atoms with Gasteiger partial charge in [0.2, 0.25) is 0 Å². The van der Waals surface area contributed by atoms with Gasteiger partial charge in [-0.2, -0.15) is 0 Å². The summed E-state index contributed by atoms with van der Waals surface area (Å²) in [5.74, 6) is 0. The number of benzene rings is 1. The van der Waals surface area contributed by atoms with Crippen molar-refractivity contribution in [1.29, 1.82) is 0 Å². The minimum absolute atomic E-state index is 0.104. The predicted octanol–water partition coefficient (Wildman–Crippen LogP) is 2.79. The van der Waals surface area contributed by atoms with E-state index in [-0.39, 0.29) is 10.6 Å². The SMILES string of the molecule is COC(=O)Nc1nc2c(s1)CN(Cc1cccc([N+](=O)[O-])c1)CC2. The van der Waals surface area contributed by atoms with Crippen LogP contribution < -0.4 is 5.32 Å². The summed E-state index contributed by atoms with van der Waals surface area (Å²) in [6.45, 7) is 2.16. The summed E-state index contributed by atoms with van der Waals surface area (Å²) in [5, 5.41) is 14.0. The summed E-state index contributed by atoms with van der Waals surface area (Å²) < 4.78 is 4.57. The van der Waals surface area contributed by atoms with Crippen molar-refractivity contribution in [2.24, 2.45) is 0 Å². The molecule has 24 heavy (non-hydrogen) atoms. The predicted molar refractivity (Wildman–Crippen MR) is 89.1 cm³/mol. The molecule has 126 valence electrons. The number of nitro groups is 1. The lowest BCUT2D eigenvalue weighted by molar-refractivity contribution is -0.384. The lowest BCUT2D eigenvalue weighted by Crippen LogP contribution is -2.29. The number of carbonyl (C=O) groups excluding carboxylic acids is 1. The van der Waals surface area contributed by atoms with E-state index in [0.717, 1.165) is 29.1 Å². The summed E-state index contributed by atoms with van der Waals surface area (Å²) in [6.07, 6.45) is 0.249. The van der Waals surface area contributed by atoms with Gasteiger partial charge < -0.3 is 4.74 Å². The van der Waals surface area contributed by atoms with Crippen molar-refractivity contribution in [2.45, 2.75) is 19.5 Å². The van der Waals surface area contributed by atoms with Crippen molar-refractivity contribution in [1.82, 2.24) is 9.88 Å². The molecule has 1 aromatic carbocycles. The molecule has 0 fully saturated rings. The van der Waals surface area contributed by atoms with Crippen molar-refractivity contribution >= 4 is 28.2 Å². The standard InChI is InChI=1S/C15H16N4O4S/c1-23-15(20)17-14-16-12-5-6-18(9-13(12)24-14)8-10-3-2-4-11(7-10)19(21)22/h2-4,7H,5-6,8-9H2,1H3,(H,16,17,20). The first-order valence-electron chi connectivity index (χ1n) is 7.34. The van der Waals surface area contributed by atoms with Crippen molar-refractivity contribution < 1.29 is 14.5 Å². The van der Waals surface area contributed by atoms with Crippen LogP contribution in [0.1, 0.15) is 16.1 Å². The highest BCUT2D eigenvalue weighted by atomic mass is 32.1. The number of methoxy groups -OCH3 is 1. The Morgan fingerprint density at radius 1 is 1.54 bits per heavy atom. The van der Waals surface area contributed by atoms with E-state index in [1.165, 1.54) is 24.5 Å². The van der Waals surface area contributed by atoms with Gasteiger partial charge in [0.05, 0.1) is 17.7 Å². The second kappa shape index (κ2) is 6.93. The van der Waals surface area contributed by atoms with E-state index >= 15 is 0 Å². The molecule has 0 aliphatic carbocycles. The fourth-order valence-electron chi connectivity index (χ4n) is 2.60. The zero-order valence-electron chi connectivity index (χ0n) is 13.0. The number of anilines is 1. The number of hydrogen-bond acceptors (Lipinski definition) is 7. The van der Waals surface area contributed by atoms with Crippen LogP contribution in [-0.4, -0.2) is 34.6 Å². The monoisotopic (exact) mass is 348 g/mol. The van der Waals surface area contributed by atoms with E-state index in [1.807, 2.05) is 6.07 Å². The quantitative estimate of drug-likeness (QED) is 0.674. The summed E-state index contributed by atoms with van der Waals surface area (Å²) in [5.41, 5.74) is 2.00. The number of fused-ring (bicyclic) bond motifs is 1. The number of amides is 1. The van der Waals surface area contributed by atoms with Gasteiger partial charge in [0.25, 0.3) is 5.69 Å². The molecule has 0 saturated carbocycles. The van der Waals surface area contributed by atoms with Gasteiger partial charge in [-0.15, -0.1) is 0 Å². The molecule has 3 rings (SSSR count). The highest BCUT2D eigenvalue weighted by Crippen LogP contribution is 2.29. The molecule has 0 bridgehead atoms. The topological polar surface area (TPSA) is 97.6 Å². The number of carbonyl (C=O) groups is 1. The summed E-state index contributed by atoms with van der Waals surface area (Å²) in [4.78, 5) is 29.4. The molecule has 8 nitrogen and oxygen atoms in total. The van der Waals surface area contributed by atoms with Crippen LogP contribution in [0.15, 0.2) is 24.3 Å². The minimum Gasteiger partial charge on any atom is -0.453 e. The molecular weight excluding hydrogens is 332 g/mol. The van der Waals surface area contributed by atoms with Crippen LogP contribution in [-0.2, 0) is 24.2 Å². The van der Waals surface area contributed by atoms with Gasteiger partial charge in [-0.25, -0.2) is 9.78 Å². The molecule has 0 unspecified atom stereocenters. The number of nitro benzene ring substituents is 1. The third-order valence-corrected chi connectivity index (χ3v) is 4.73. The molecule has 2 aromatic rings. The van der Waals surface area contributed by atoms with E-state index in [0.29, 0.717) is 18.2 Å². The Balaban J connectivity index is 1.68. The number of nitrogens with one attached hydrogen (secondary N) is 1. The van der Waals surface area contributed by atoms with Crippen LogP contribution in [0.5, 0.6) is 0 Å². The Morgan fingerprint density at radius 3 is 3.12 bits per heavy atom. The highest BCUT2D eigenvalue weighted by molar-refractivity contribution is 7.15. The van der Waals surface area contributed by atoms with Gasteiger partial charge in [0.15, 0.2) is 5.13 Å². The first-order valence-corrected chi connectivity index (χ1v) is 8.16. The molecule has 0 radical (unpaired) electrons. The fourth-order valence-corrected chi connectivity index (χ4v) is 3.64. The number of aromatic nitrogens is 1. The molecule has 1 aliphatic rings.